The molecule has 0 aliphatic heterocycles. The second kappa shape index (κ2) is 12.1. The Hall–Kier alpha value is -3.43. The maximum Gasteiger partial charge on any atom is 0.344 e. The van der Waals surface area contributed by atoms with Gasteiger partial charge in [0.15, 0.2) is 19.5 Å². The maximum absolute atomic E-state index is 12.9. The van der Waals surface area contributed by atoms with Gasteiger partial charge in [-0.05, 0) is 42.7 Å². The normalized spacial score (nSPS) is 22.6. The summed E-state index contributed by atoms with van der Waals surface area (Å²) in [6, 6.07) is 19.1. The zero-order valence-corrected chi connectivity index (χ0v) is 29.2. The number of imidazole rings is 1. The molecule has 10 nitrogen and oxygen atoms in total. The summed E-state index contributed by atoms with van der Waals surface area (Å²) in [7, 11) is -4.40. The van der Waals surface area contributed by atoms with Crippen LogP contribution in [0.2, 0.25) is 37.3 Å². The molecule has 0 spiro atoms. The van der Waals surface area contributed by atoms with Crippen molar-refractivity contribution in [2.45, 2.75) is 82.2 Å². The fourth-order valence-electron chi connectivity index (χ4n) is 6.21. The van der Waals surface area contributed by atoms with Gasteiger partial charge in [0.1, 0.15) is 5.60 Å². The Labute approximate surface area is 266 Å². The largest absolute Gasteiger partial charge is 0.413 e. The summed E-state index contributed by atoms with van der Waals surface area (Å²) < 4.78 is 14.5. The van der Waals surface area contributed by atoms with E-state index >= 15 is 0 Å². The van der Waals surface area contributed by atoms with E-state index in [1.807, 2.05) is 24.3 Å². The molecule has 1 saturated carbocycles. The molecule has 5 rings (SSSR count). The van der Waals surface area contributed by atoms with E-state index in [4.69, 9.17) is 14.9 Å². The number of carbonyl (C=O) groups excluding carboxylic acids is 1. The van der Waals surface area contributed by atoms with E-state index in [1.165, 1.54) is 5.19 Å². The van der Waals surface area contributed by atoms with Crippen LogP contribution < -0.4 is 15.7 Å². The van der Waals surface area contributed by atoms with Crippen LogP contribution in [0.15, 0.2) is 67.0 Å². The molecule has 1 aliphatic carbocycles. The van der Waals surface area contributed by atoms with Crippen molar-refractivity contribution in [3.8, 4) is 5.88 Å². The van der Waals surface area contributed by atoms with Gasteiger partial charge in [-0.15, -0.1) is 0 Å². The lowest BCUT2D eigenvalue weighted by Crippen LogP contribution is -2.53. The van der Waals surface area contributed by atoms with Crippen LogP contribution in [-0.2, 0) is 4.43 Å². The number of nitrogen functional groups attached to an aromatic ring is 1. The lowest BCUT2D eigenvalue weighted by molar-refractivity contribution is -0.0775. The zero-order valence-electron chi connectivity index (χ0n) is 27.2. The number of nitrogens with two attached hydrogens (primary N) is 1. The van der Waals surface area contributed by atoms with Gasteiger partial charge in [0.05, 0.1) is 38.7 Å². The average molecular weight is 648 g/mol. The number of benzene rings is 2. The molecule has 45 heavy (non-hydrogen) atoms. The van der Waals surface area contributed by atoms with E-state index < -0.39 is 40.6 Å². The van der Waals surface area contributed by atoms with E-state index in [0.29, 0.717) is 23.7 Å². The number of hydrogen-bond acceptors (Lipinski definition) is 9. The predicted octanol–water partition coefficient (Wildman–Crippen LogP) is 4.92. The van der Waals surface area contributed by atoms with Crippen molar-refractivity contribution in [1.82, 2.24) is 19.5 Å². The molecule has 4 aromatic rings. The number of ether oxygens (including phenoxy) is 1. The Morgan fingerprint density at radius 3 is 2.27 bits per heavy atom. The van der Waals surface area contributed by atoms with Crippen molar-refractivity contribution in [2.24, 2.45) is 5.92 Å². The molecular formula is C33H45N5O5Si2. The SMILES string of the molecule is CC(C)(C)[Si](C)(C)OC1CC(n2cnc3c(OC(=O)c4ccccc4)nc(N)nc32)C(O)(CO)C1C[Si](C)(C)c1ccccc1. The second-order valence-corrected chi connectivity index (χ2v) is 23.9. The number of aliphatic hydroxyl groups excluding tert-OH is 1. The molecule has 4 unspecified atom stereocenters. The predicted molar refractivity (Wildman–Crippen MR) is 181 cm³/mol. The summed E-state index contributed by atoms with van der Waals surface area (Å²) in [5.74, 6) is -1.14. The highest BCUT2D eigenvalue weighted by molar-refractivity contribution is 6.89. The number of aliphatic hydroxyl groups is 2. The van der Waals surface area contributed by atoms with E-state index in [-0.39, 0.29) is 34.4 Å². The minimum atomic E-state index is -2.28. The number of carbonyl (C=O) groups is 1. The number of anilines is 1. The van der Waals surface area contributed by atoms with Crippen LogP contribution in [0.1, 0.15) is 43.6 Å². The average Bonchev–Trinajstić information content (AvgIpc) is 3.51. The fourth-order valence-corrected chi connectivity index (χ4v) is 10.6. The molecule has 240 valence electrons. The highest BCUT2D eigenvalue weighted by Gasteiger charge is 2.58. The molecule has 4 N–H and O–H groups in total. The minimum absolute atomic E-state index is 0.0553. The van der Waals surface area contributed by atoms with Gasteiger partial charge in [-0.1, -0.05) is 87.6 Å². The van der Waals surface area contributed by atoms with Crippen LogP contribution >= 0.6 is 0 Å². The minimum Gasteiger partial charge on any atom is -0.413 e. The van der Waals surface area contributed by atoms with Crippen molar-refractivity contribution >= 4 is 44.7 Å². The number of nitrogens with zero attached hydrogens (tertiary/aromatic N) is 4. The molecule has 2 aromatic heterocycles. The number of esters is 1. The van der Waals surface area contributed by atoms with Crippen molar-refractivity contribution in [1.29, 1.82) is 0 Å². The standard InChI is InChI=1S/C33H45N5O5Si2/c1-32(2,3)45(6,7)43-25-18-26(33(41,20-39)24(25)19-44(4,5)23-16-12-9-13-17-23)38-21-35-27-28(38)36-31(34)37-29(27)42-30(40)22-14-10-8-11-15-22/h8-17,21,24-26,39,41H,18-20H2,1-7H3,(H2,34,36,37). The van der Waals surface area contributed by atoms with Crippen molar-refractivity contribution in [3.05, 3.63) is 72.6 Å². The molecule has 1 fully saturated rings. The Bertz CT molecular complexity index is 1660. The molecule has 12 heteroatoms. The summed E-state index contributed by atoms with van der Waals surface area (Å²) in [6.45, 7) is 15.1. The highest BCUT2D eigenvalue weighted by Crippen LogP contribution is 2.51. The number of rotatable bonds is 9. The third-order valence-electron chi connectivity index (χ3n) is 9.86. The smallest absolute Gasteiger partial charge is 0.344 e. The molecular weight excluding hydrogens is 603 g/mol. The van der Waals surface area contributed by atoms with Gasteiger partial charge in [0.2, 0.25) is 5.95 Å². The van der Waals surface area contributed by atoms with E-state index in [0.717, 1.165) is 0 Å². The summed E-state index contributed by atoms with van der Waals surface area (Å²) in [4.78, 5) is 26.1. The van der Waals surface area contributed by atoms with Crippen molar-refractivity contribution in [2.75, 3.05) is 12.3 Å². The third-order valence-corrected chi connectivity index (χ3v) is 17.7. The van der Waals surface area contributed by atoms with Gasteiger partial charge in [0.25, 0.3) is 5.88 Å². The van der Waals surface area contributed by atoms with E-state index in [9.17, 15) is 15.0 Å². The quantitative estimate of drug-likeness (QED) is 0.170. The summed E-state index contributed by atoms with van der Waals surface area (Å²) >= 11 is 0. The van der Waals surface area contributed by atoms with Crippen molar-refractivity contribution < 1.29 is 24.2 Å². The first-order valence-corrected chi connectivity index (χ1v) is 21.5. The molecule has 0 bridgehead atoms. The molecule has 2 heterocycles. The van der Waals surface area contributed by atoms with Crippen LogP contribution in [0, 0.1) is 5.92 Å². The molecule has 2 aromatic carbocycles. The zero-order chi connectivity index (χ0) is 32.8. The number of hydrogen-bond donors (Lipinski definition) is 3. The highest BCUT2D eigenvalue weighted by atomic mass is 28.4. The topological polar surface area (TPSA) is 146 Å². The summed E-state index contributed by atoms with van der Waals surface area (Å²) in [6.07, 6.45) is 1.66. The molecule has 0 amide bonds. The third kappa shape index (κ3) is 6.34. The monoisotopic (exact) mass is 647 g/mol. The van der Waals surface area contributed by atoms with Crippen LogP contribution in [0.3, 0.4) is 0 Å². The first-order valence-electron chi connectivity index (χ1n) is 15.4. The number of fused-ring (bicyclic) bond motifs is 1. The molecule has 1 aliphatic rings. The van der Waals surface area contributed by atoms with Crippen LogP contribution in [0.5, 0.6) is 5.88 Å². The van der Waals surface area contributed by atoms with Gasteiger partial charge in [-0.2, -0.15) is 9.97 Å². The summed E-state index contributed by atoms with van der Waals surface area (Å²) in [5.41, 5.74) is 5.46. The lowest BCUT2D eigenvalue weighted by atomic mass is 9.89. The number of aromatic nitrogens is 4. The Morgan fingerprint density at radius 2 is 1.67 bits per heavy atom. The first kappa shape index (κ1) is 33.0. The molecule has 0 radical (unpaired) electrons. The lowest BCUT2D eigenvalue weighted by Gasteiger charge is -2.43. The fraction of sp³-hybridized carbons (Fsp3) is 0.455. The van der Waals surface area contributed by atoms with Gasteiger partial charge in [-0.25, -0.2) is 9.78 Å². The second-order valence-electron chi connectivity index (χ2n) is 14.3. The molecule has 4 atom stereocenters. The Kier molecular flexibility index (Phi) is 8.83. The summed E-state index contributed by atoms with van der Waals surface area (Å²) in [5, 5.41) is 24.8. The van der Waals surface area contributed by atoms with Crippen LogP contribution in [-0.4, -0.2) is 70.4 Å². The van der Waals surface area contributed by atoms with Gasteiger partial charge in [0, 0.05) is 5.92 Å². The van der Waals surface area contributed by atoms with Gasteiger partial charge in [-0.3, -0.25) is 0 Å². The Balaban J connectivity index is 1.57. The van der Waals surface area contributed by atoms with Crippen molar-refractivity contribution in [3.63, 3.8) is 0 Å². The van der Waals surface area contributed by atoms with Gasteiger partial charge < -0.3 is 29.7 Å². The maximum atomic E-state index is 12.9. The van der Waals surface area contributed by atoms with Crippen LogP contribution in [0.25, 0.3) is 11.2 Å². The van der Waals surface area contributed by atoms with E-state index in [2.05, 4.69) is 74.0 Å². The Morgan fingerprint density at radius 1 is 1.04 bits per heavy atom. The first-order chi connectivity index (χ1) is 21.1. The van der Waals surface area contributed by atoms with E-state index in [1.54, 1.807) is 35.2 Å². The molecule has 0 saturated heterocycles. The van der Waals surface area contributed by atoms with Gasteiger partial charge >= 0.3 is 5.97 Å². The van der Waals surface area contributed by atoms with Crippen LogP contribution in [0.4, 0.5) is 5.95 Å².